The van der Waals surface area contributed by atoms with Crippen LogP contribution in [0.4, 0.5) is 5.69 Å². The molecule has 0 atom stereocenters. The van der Waals surface area contributed by atoms with Crippen molar-refractivity contribution in [1.82, 2.24) is 0 Å². The van der Waals surface area contributed by atoms with Crippen LogP contribution < -0.4 is 4.74 Å². The Balaban J connectivity index is 2.76. The van der Waals surface area contributed by atoms with E-state index >= 15 is 0 Å². The molecule has 0 aromatic heterocycles. The van der Waals surface area contributed by atoms with Crippen molar-refractivity contribution in [2.75, 3.05) is 0 Å². The average Bonchev–Trinajstić information content (AvgIpc) is 2.46. The van der Waals surface area contributed by atoms with Crippen LogP contribution in [0.3, 0.4) is 0 Å². The van der Waals surface area contributed by atoms with Gasteiger partial charge in [-0.2, -0.15) is 8.42 Å². The fraction of sp³-hybridized carbons (Fsp3) is 0. The summed E-state index contributed by atoms with van der Waals surface area (Å²) >= 11 is 0. The third-order valence-electron chi connectivity index (χ3n) is 2.72. The molecule has 2 N–H and O–H groups in total. The lowest BCUT2D eigenvalue weighted by molar-refractivity contribution is -0.385. The van der Waals surface area contributed by atoms with Gasteiger partial charge in [0.05, 0.1) is 10.5 Å². The van der Waals surface area contributed by atoms with Crippen molar-refractivity contribution in [3.8, 4) is 11.5 Å². The molecule has 0 aliphatic rings. The molecule has 9 nitrogen and oxygen atoms in total. The third-order valence-corrected chi connectivity index (χ3v) is 3.58. The fourth-order valence-corrected chi connectivity index (χ4v) is 2.40. The summed E-state index contributed by atoms with van der Waals surface area (Å²) < 4.78 is 37.3. The van der Waals surface area contributed by atoms with Crippen molar-refractivity contribution < 1.29 is 32.5 Å². The van der Waals surface area contributed by atoms with Crippen LogP contribution in [0.5, 0.6) is 11.5 Å². The van der Waals surface area contributed by atoms with E-state index in [1.165, 1.54) is 12.1 Å². The van der Waals surface area contributed by atoms with Crippen LogP contribution in [-0.4, -0.2) is 29.0 Å². The van der Waals surface area contributed by atoms with Crippen molar-refractivity contribution in [2.45, 2.75) is 4.90 Å². The molecule has 0 aliphatic heterocycles. The largest absolute Gasteiger partial charge is 0.478 e. The van der Waals surface area contributed by atoms with Crippen LogP contribution in [0.1, 0.15) is 10.4 Å². The third kappa shape index (κ3) is 3.62. The van der Waals surface area contributed by atoms with Gasteiger partial charge in [0, 0.05) is 6.07 Å². The first-order valence-corrected chi connectivity index (χ1v) is 7.40. The summed E-state index contributed by atoms with van der Waals surface area (Å²) in [5.41, 5.74) is -1.58. The molecule has 0 fully saturated rings. The van der Waals surface area contributed by atoms with Gasteiger partial charge in [0.2, 0.25) is 5.75 Å². The SMILES string of the molecule is O=C(O)c1cc([N+](=O)[O-])c(Oc2ccccc2)c(S(=O)(=O)O)c1. The molecule has 0 unspecified atom stereocenters. The van der Waals surface area contributed by atoms with Crippen LogP contribution >= 0.6 is 0 Å². The minimum atomic E-state index is -4.96. The van der Waals surface area contributed by atoms with Crippen molar-refractivity contribution >= 4 is 21.8 Å². The summed E-state index contributed by atoms with van der Waals surface area (Å²) in [6, 6.07) is 8.77. The Morgan fingerprint density at radius 2 is 1.78 bits per heavy atom. The Kier molecular flexibility index (Phi) is 4.29. The van der Waals surface area contributed by atoms with Crippen LogP contribution in [-0.2, 0) is 10.1 Å². The number of para-hydroxylation sites is 1. The second-order valence-electron chi connectivity index (χ2n) is 4.28. The molecule has 2 aromatic carbocycles. The van der Waals surface area contributed by atoms with Gasteiger partial charge in [-0.3, -0.25) is 14.7 Å². The topological polar surface area (TPSA) is 144 Å². The monoisotopic (exact) mass is 339 g/mol. The molecule has 0 aliphatic carbocycles. The van der Waals surface area contributed by atoms with Crippen LogP contribution in [0.2, 0.25) is 0 Å². The van der Waals surface area contributed by atoms with E-state index in [0.717, 1.165) is 0 Å². The average molecular weight is 339 g/mol. The summed E-state index contributed by atoms with van der Waals surface area (Å²) in [7, 11) is -4.96. The van der Waals surface area contributed by atoms with E-state index in [-0.39, 0.29) is 5.75 Å². The van der Waals surface area contributed by atoms with E-state index in [1.807, 2.05) is 0 Å². The van der Waals surface area contributed by atoms with Crippen LogP contribution in [0.15, 0.2) is 47.4 Å². The molecule has 0 heterocycles. The minimum absolute atomic E-state index is 0.0728. The summed E-state index contributed by atoms with van der Waals surface area (Å²) in [6.45, 7) is 0. The molecule has 2 aromatic rings. The molecule has 0 spiro atoms. The number of benzene rings is 2. The molecule has 0 saturated heterocycles. The molecular formula is C13H9NO8S. The lowest BCUT2D eigenvalue weighted by Crippen LogP contribution is -2.07. The number of ether oxygens (including phenoxy) is 1. The highest BCUT2D eigenvalue weighted by atomic mass is 32.2. The highest BCUT2D eigenvalue weighted by molar-refractivity contribution is 7.86. The van der Waals surface area contributed by atoms with E-state index < -0.39 is 42.9 Å². The van der Waals surface area contributed by atoms with E-state index in [4.69, 9.17) is 9.84 Å². The molecule has 2 rings (SSSR count). The first kappa shape index (κ1) is 16.4. The number of carboxylic acids is 1. The van der Waals surface area contributed by atoms with Gasteiger partial charge < -0.3 is 9.84 Å². The van der Waals surface area contributed by atoms with Crippen molar-refractivity contribution in [3.05, 3.63) is 58.1 Å². The Morgan fingerprint density at radius 1 is 1.17 bits per heavy atom. The van der Waals surface area contributed by atoms with Gasteiger partial charge in [-0.15, -0.1) is 0 Å². The molecule has 0 bridgehead atoms. The van der Waals surface area contributed by atoms with Crippen LogP contribution in [0.25, 0.3) is 0 Å². The summed E-state index contributed by atoms with van der Waals surface area (Å²) in [5, 5.41) is 20.0. The van der Waals surface area contributed by atoms with E-state index in [1.54, 1.807) is 18.2 Å². The molecular weight excluding hydrogens is 330 g/mol. The van der Waals surface area contributed by atoms with Crippen molar-refractivity contribution in [2.24, 2.45) is 0 Å². The number of hydrogen-bond acceptors (Lipinski definition) is 6. The molecule has 23 heavy (non-hydrogen) atoms. The minimum Gasteiger partial charge on any atom is -0.478 e. The standard InChI is InChI=1S/C13H9NO8S/c15-13(16)8-6-10(14(17)18)12(11(7-8)23(19,20)21)22-9-4-2-1-3-5-9/h1-7H,(H,15,16)(H,19,20,21). The normalized spacial score (nSPS) is 11.0. The Labute approximate surface area is 129 Å². The lowest BCUT2D eigenvalue weighted by atomic mass is 10.2. The highest BCUT2D eigenvalue weighted by Crippen LogP contribution is 2.38. The van der Waals surface area contributed by atoms with Gasteiger partial charge in [-0.1, -0.05) is 18.2 Å². The quantitative estimate of drug-likeness (QED) is 0.479. The Morgan fingerprint density at radius 3 is 2.26 bits per heavy atom. The zero-order valence-electron chi connectivity index (χ0n) is 11.2. The zero-order chi connectivity index (χ0) is 17.2. The highest BCUT2D eigenvalue weighted by Gasteiger charge is 2.30. The first-order chi connectivity index (χ1) is 10.7. The second kappa shape index (κ2) is 6.02. The zero-order valence-corrected chi connectivity index (χ0v) is 12.1. The Bertz CT molecular complexity index is 876. The summed E-state index contributed by atoms with van der Waals surface area (Å²) in [5.74, 6) is -2.29. The number of nitro benzene ring substituents is 1. The first-order valence-electron chi connectivity index (χ1n) is 5.96. The maximum absolute atomic E-state index is 11.5. The fourth-order valence-electron chi connectivity index (χ4n) is 1.75. The molecule has 120 valence electrons. The smallest absolute Gasteiger partial charge is 0.335 e. The maximum Gasteiger partial charge on any atom is 0.335 e. The predicted octanol–water partition coefficient (Wildman–Crippen LogP) is 2.33. The number of carboxylic acid groups (broad SMARTS) is 1. The number of nitro groups is 1. The molecule has 10 heteroatoms. The van der Waals surface area contributed by atoms with E-state index in [0.29, 0.717) is 12.1 Å². The van der Waals surface area contributed by atoms with Gasteiger partial charge in [0.25, 0.3) is 10.1 Å². The maximum atomic E-state index is 11.5. The van der Waals surface area contributed by atoms with E-state index in [2.05, 4.69) is 0 Å². The number of carbonyl (C=O) groups is 1. The van der Waals surface area contributed by atoms with Gasteiger partial charge >= 0.3 is 11.7 Å². The number of rotatable bonds is 5. The predicted molar refractivity (Wildman–Crippen MR) is 76.4 cm³/mol. The summed E-state index contributed by atoms with van der Waals surface area (Å²) in [4.78, 5) is 20.1. The second-order valence-corrected chi connectivity index (χ2v) is 5.67. The number of aromatic carboxylic acids is 1. The lowest BCUT2D eigenvalue weighted by Gasteiger charge is -2.10. The van der Waals surface area contributed by atoms with Crippen LogP contribution in [0, 0.1) is 10.1 Å². The molecule has 0 amide bonds. The van der Waals surface area contributed by atoms with Gasteiger partial charge in [0.1, 0.15) is 10.6 Å². The molecule has 0 saturated carbocycles. The number of nitrogens with zero attached hydrogens (tertiary/aromatic N) is 1. The molecule has 0 radical (unpaired) electrons. The summed E-state index contributed by atoms with van der Waals surface area (Å²) in [6.07, 6.45) is 0. The van der Waals surface area contributed by atoms with Gasteiger partial charge in [-0.25, -0.2) is 4.79 Å². The van der Waals surface area contributed by atoms with Crippen molar-refractivity contribution in [1.29, 1.82) is 0 Å². The van der Waals surface area contributed by atoms with Gasteiger partial charge in [-0.05, 0) is 18.2 Å². The van der Waals surface area contributed by atoms with E-state index in [9.17, 15) is 27.9 Å². The number of hydrogen-bond donors (Lipinski definition) is 2. The van der Waals surface area contributed by atoms with Gasteiger partial charge in [0.15, 0.2) is 0 Å². The Hall–Kier alpha value is -2.98. The van der Waals surface area contributed by atoms with Crippen molar-refractivity contribution in [3.63, 3.8) is 0 Å².